The van der Waals surface area contributed by atoms with Gasteiger partial charge in [0.05, 0.1) is 18.7 Å². The molecule has 3 aliphatic rings. The van der Waals surface area contributed by atoms with Crippen LogP contribution in [0.4, 0.5) is 9.59 Å². The number of piperidine rings is 1. The topological polar surface area (TPSA) is 101 Å². The summed E-state index contributed by atoms with van der Waals surface area (Å²) >= 11 is 0. The summed E-state index contributed by atoms with van der Waals surface area (Å²) in [6.07, 6.45) is 1.60. The number of hydrogen-bond donors (Lipinski definition) is 1. The second kappa shape index (κ2) is 9.56. The standard InChI is InChI=1S/C23H32N4O6/c1-23(2,3)33-22(30)25-12-11-18(25)15-31-24-20(28)19-10-9-17-13-26(19)21(29)27(17)32-14-16-7-5-4-6-8-16/h4-8,17-19H,9-15H2,1-3H3,(H,24,28)/t17?,18-,19-/m0/s1. The first-order chi connectivity index (χ1) is 15.7. The normalized spacial score (nSPS) is 24.5. The van der Waals surface area contributed by atoms with Crippen LogP contribution < -0.4 is 5.48 Å². The van der Waals surface area contributed by atoms with Crippen molar-refractivity contribution >= 4 is 18.0 Å². The van der Waals surface area contributed by atoms with Gasteiger partial charge in [-0.05, 0) is 45.6 Å². The zero-order chi connectivity index (χ0) is 23.6. The Morgan fingerprint density at radius 3 is 2.55 bits per heavy atom. The number of ether oxygens (including phenoxy) is 1. The van der Waals surface area contributed by atoms with Crippen molar-refractivity contribution in [1.82, 2.24) is 20.3 Å². The van der Waals surface area contributed by atoms with Crippen LogP contribution in [0.5, 0.6) is 0 Å². The second-order valence-electron chi connectivity index (χ2n) is 9.66. The minimum absolute atomic E-state index is 0.0662. The fourth-order valence-electron chi connectivity index (χ4n) is 4.24. The average Bonchev–Trinajstić information content (AvgIpc) is 2.97. The summed E-state index contributed by atoms with van der Waals surface area (Å²) < 4.78 is 5.38. The molecule has 3 atom stereocenters. The van der Waals surface area contributed by atoms with Crippen molar-refractivity contribution < 1.29 is 28.8 Å². The second-order valence-corrected chi connectivity index (χ2v) is 9.66. The van der Waals surface area contributed by atoms with Crippen LogP contribution in [0.3, 0.4) is 0 Å². The molecule has 1 aromatic rings. The molecule has 3 fully saturated rings. The molecule has 4 rings (SSSR count). The fraction of sp³-hybridized carbons (Fsp3) is 0.609. The third kappa shape index (κ3) is 5.39. The van der Waals surface area contributed by atoms with Gasteiger partial charge in [0.1, 0.15) is 18.2 Å². The van der Waals surface area contributed by atoms with E-state index in [4.69, 9.17) is 14.4 Å². The number of carbonyl (C=O) groups excluding carboxylic acids is 3. The Hall–Kier alpha value is -2.85. The largest absolute Gasteiger partial charge is 0.444 e. The molecule has 10 heteroatoms. The van der Waals surface area contributed by atoms with Gasteiger partial charge in [0.25, 0.3) is 5.91 Å². The molecule has 2 bridgehead atoms. The fourth-order valence-corrected chi connectivity index (χ4v) is 4.24. The molecule has 10 nitrogen and oxygen atoms in total. The first-order valence-electron chi connectivity index (χ1n) is 11.4. The van der Waals surface area contributed by atoms with E-state index in [0.29, 0.717) is 32.5 Å². The van der Waals surface area contributed by atoms with E-state index in [1.807, 2.05) is 51.1 Å². The zero-order valence-corrected chi connectivity index (χ0v) is 19.4. The SMILES string of the molecule is CC(C)(C)OC(=O)N1CC[C@H]1CONC(=O)[C@@H]1CCC2CN1C(=O)N2OCc1ccccc1. The smallest absolute Gasteiger partial charge is 0.410 e. The highest BCUT2D eigenvalue weighted by atomic mass is 16.7. The summed E-state index contributed by atoms with van der Waals surface area (Å²) in [5, 5.41) is 1.40. The van der Waals surface area contributed by atoms with Crippen molar-refractivity contribution in [3.63, 3.8) is 0 Å². The van der Waals surface area contributed by atoms with Gasteiger partial charge in [-0.25, -0.2) is 15.1 Å². The van der Waals surface area contributed by atoms with E-state index in [9.17, 15) is 14.4 Å². The Morgan fingerprint density at radius 1 is 1.12 bits per heavy atom. The Bertz CT molecular complexity index is 873. The van der Waals surface area contributed by atoms with E-state index >= 15 is 0 Å². The molecule has 180 valence electrons. The van der Waals surface area contributed by atoms with E-state index in [0.717, 1.165) is 12.0 Å². The summed E-state index contributed by atoms with van der Waals surface area (Å²) in [5.41, 5.74) is 2.87. The molecular formula is C23H32N4O6. The molecule has 4 amide bonds. The monoisotopic (exact) mass is 460 g/mol. The lowest BCUT2D eigenvalue weighted by Crippen LogP contribution is -2.56. The van der Waals surface area contributed by atoms with E-state index in [-0.39, 0.29) is 36.7 Å². The Kier molecular flexibility index (Phi) is 6.76. The van der Waals surface area contributed by atoms with E-state index in [1.54, 1.807) is 4.90 Å². The van der Waals surface area contributed by atoms with Crippen molar-refractivity contribution in [2.75, 3.05) is 19.7 Å². The Labute approximate surface area is 193 Å². The lowest BCUT2D eigenvalue weighted by molar-refractivity contribution is -0.142. The van der Waals surface area contributed by atoms with Crippen molar-refractivity contribution in [2.45, 2.75) is 70.4 Å². The van der Waals surface area contributed by atoms with Gasteiger partial charge < -0.3 is 14.5 Å². The summed E-state index contributed by atoms with van der Waals surface area (Å²) in [7, 11) is 0. The molecule has 0 spiro atoms. The van der Waals surface area contributed by atoms with Crippen LogP contribution in [-0.2, 0) is 25.8 Å². The van der Waals surface area contributed by atoms with Crippen molar-refractivity contribution in [2.24, 2.45) is 0 Å². The van der Waals surface area contributed by atoms with Gasteiger partial charge in [-0.15, -0.1) is 0 Å². The summed E-state index contributed by atoms with van der Waals surface area (Å²) in [4.78, 5) is 52.1. The minimum Gasteiger partial charge on any atom is -0.444 e. The number of hydrogen-bond acceptors (Lipinski definition) is 6. The summed E-state index contributed by atoms with van der Waals surface area (Å²) in [6, 6.07) is 8.51. The Balaban J connectivity index is 1.23. The molecule has 0 aromatic heterocycles. The Morgan fingerprint density at radius 2 is 1.88 bits per heavy atom. The molecule has 0 saturated carbocycles. The maximum Gasteiger partial charge on any atom is 0.410 e. The van der Waals surface area contributed by atoms with Gasteiger partial charge in [-0.3, -0.25) is 14.5 Å². The lowest BCUT2D eigenvalue weighted by Gasteiger charge is -2.41. The minimum atomic E-state index is -0.609. The third-order valence-corrected chi connectivity index (χ3v) is 6.06. The quantitative estimate of drug-likeness (QED) is 0.628. The van der Waals surface area contributed by atoms with Crippen LogP contribution in [-0.4, -0.2) is 76.3 Å². The number of amides is 4. The molecule has 1 N–H and O–H groups in total. The number of fused-ring (bicyclic) bond motifs is 2. The number of urea groups is 1. The molecule has 0 aliphatic carbocycles. The maximum absolute atomic E-state index is 12.8. The highest BCUT2D eigenvalue weighted by Gasteiger charge is 2.48. The van der Waals surface area contributed by atoms with Gasteiger partial charge in [0.15, 0.2) is 0 Å². The number of benzene rings is 1. The number of nitrogens with zero attached hydrogens (tertiary/aromatic N) is 3. The van der Waals surface area contributed by atoms with E-state index in [1.165, 1.54) is 9.96 Å². The van der Waals surface area contributed by atoms with Crippen LogP contribution in [0.15, 0.2) is 30.3 Å². The van der Waals surface area contributed by atoms with Crippen molar-refractivity contribution in [3.05, 3.63) is 35.9 Å². The number of rotatable bonds is 7. The van der Waals surface area contributed by atoms with Crippen molar-refractivity contribution in [1.29, 1.82) is 0 Å². The molecule has 3 heterocycles. The third-order valence-electron chi connectivity index (χ3n) is 6.06. The molecule has 0 radical (unpaired) electrons. The van der Waals surface area contributed by atoms with E-state index < -0.39 is 11.6 Å². The zero-order valence-electron chi connectivity index (χ0n) is 19.4. The van der Waals surface area contributed by atoms with Crippen LogP contribution in [0.2, 0.25) is 0 Å². The van der Waals surface area contributed by atoms with Crippen LogP contribution >= 0.6 is 0 Å². The summed E-state index contributed by atoms with van der Waals surface area (Å²) in [5.74, 6) is -0.366. The highest BCUT2D eigenvalue weighted by Crippen LogP contribution is 2.30. The number of carbonyl (C=O) groups is 3. The molecule has 3 saturated heterocycles. The van der Waals surface area contributed by atoms with Gasteiger partial charge in [-0.2, -0.15) is 5.06 Å². The number of likely N-dealkylation sites (tertiary alicyclic amines) is 1. The molecule has 33 heavy (non-hydrogen) atoms. The maximum atomic E-state index is 12.8. The van der Waals surface area contributed by atoms with Crippen LogP contribution in [0, 0.1) is 0 Å². The lowest BCUT2D eigenvalue weighted by atomic mass is 10.0. The van der Waals surface area contributed by atoms with Crippen LogP contribution in [0.1, 0.15) is 45.6 Å². The van der Waals surface area contributed by atoms with Gasteiger partial charge in [0, 0.05) is 13.1 Å². The number of hydroxylamine groups is 3. The first-order valence-corrected chi connectivity index (χ1v) is 11.4. The highest BCUT2D eigenvalue weighted by molar-refractivity contribution is 5.88. The predicted molar refractivity (Wildman–Crippen MR) is 117 cm³/mol. The first kappa shape index (κ1) is 23.3. The molecule has 3 aliphatic heterocycles. The van der Waals surface area contributed by atoms with E-state index in [2.05, 4.69) is 5.48 Å². The van der Waals surface area contributed by atoms with Gasteiger partial charge >= 0.3 is 12.1 Å². The molecular weight excluding hydrogens is 428 g/mol. The summed E-state index contributed by atoms with van der Waals surface area (Å²) in [6.45, 7) is 6.96. The number of nitrogens with one attached hydrogen (secondary N) is 1. The molecule has 1 aromatic carbocycles. The predicted octanol–water partition coefficient (Wildman–Crippen LogP) is 2.44. The van der Waals surface area contributed by atoms with Gasteiger partial charge in [-0.1, -0.05) is 30.3 Å². The average molecular weight is 461 g/mol. The van der Waals surface area contributed by atoms with Crippen LogP contribution in [0.25, 0.3) is 0 Å². The molecule has 1 unspecified atom stereocenters. The van der Waals surface area contributed by atoms with Crippen molar-refractivity contribution in [3.8, 4) is 0 Å². The van der Waals surface area contributed by atoms with Gasteiger partial charge in [0.2, 0.25) is 0 Å².